The van der Waals surface area contributed by atoms with E-state index in [1.54, 1.807) is 18.3 Å². The van der Waals surface area contributed by atoms with Crippen LogP contribution >= 0.6 is 0 Å². The number of non-ortho nitro benzene ring substituents is 1. The van der Waals surface area contributed by atoms with Gasteiger partial charge in [0.2, 0.25) is 0 Å². The molecule has 8 nitrogen and oxygen atoms in total. The molecule has 0 spiro atoms. The smallest absolute Gasteiger partial charge is 0.271 e. The lowest BCUT2D eigenvalue weighted by Gasteiger charge is -2.05. The summed E-state index contributed by atoms with van der Waals surface area (Å²) in [5.41, 5.74) is 6.89. The molecule has 2 aromatic rings. The Balaban J connectivity index is 1.85. The molecule has 0 aliphatic rings. The van der Waals surface area contributed by atoms with Crippen LogP contribution in [0.25, 0.3) is 0 Å². The average molecular weight is 289 g/mol. The summed E-state index contributed by atoms with van der Waals surface area (Å²) in [4.78, 5) is 21.3. The molecule has 0 saturated carbocycles. The first-order valence-corrected chi connectivity index (χ1v) is 6.38. The Morgan fingerprint density at radius 1 is 1.48 bits per heavy atom. The maximum atomic E-state index is 11.1. The number of primary amides is 1. The number of carbonyl (C=O) groups is 1. The first-order valence-electron chi connectivity index (χ1n) is 6.38. The molecule has 1 heterocycles. The van der Waals surface area contributed by atoms with E-state index in [9.17, 15) is 14.9 Å². The largest absolute Gasteiger partial charge is 0.382 e. The molecule has 110 valence electrons. The molecular formula is C13H15N5O3. The van der Waals surface area contributed by atoms with E-state index < -0.39 is 10.8 Å². The van der Waals surface area contributed by atoms with Gasteiger partial charge in [0.05, 0.1) is 10.6 Å². The van der Waals surface area contributed by atoms with Crippen molar-refractivity contribution in [1.82, 2.24) is 10.2 Å². The zero-order valence-corrected chi connectivity index (χ0v) is 11.2. The molecule has 0 aliphatic carbocycles. The molecule has 0 saturated heterocycles. The number of nitrogens with two attached hydrogens (primary N) is 1. The Morgan fingerprint density at radius 3 is 3.00 bits per heavy atom. The van der Waals surface area contributed by atoms with Crippen LogP contribution in [0.2, 0.25) is 0 Å². The van der Waals surface area contributed by atoms with E-state index in [1.807, 2.05) is 6.07 Å². The van der Waals surface area contributed by atoms with Crippen molar-refractivity contribution in [2.75, 3.05) is 11.9 Å². The molecular weight excluding hydrogens is 274 g/mol. The predicted molar refractivity (Wildman–Crippen MR) is 77.0 cm³/mol. The van der Waals surface area contributed by atoms with E-state index in [4.69, 9.17) is 5.73 Å². The summed E-state index contributed by atoms with van der Waals surface area (Å²) < 4.78 is 0. The Labute approximate surface area is 120 Å². The standard InChI is InChI=1S/C13H15N5O3/c14-13(19)12-11(8-16-17-12)15-6-2-4-9-3-1-5-10(7-9)18(20)21/h1,3,5,7-8,15H,2,4,6H2,(H2,14,19)(H,16,17). The predicted octanol–water partition coefficient (Wildman–Crippen LogP) is 1.46. The van der Waals surface area contributed by atoms with Gasteiger partial charge < -0.3 is 11.1 Å². The van der Waals surface area contributed by atoms with Gasteiger partial charge in [-0.05, 0) is 18.4 Å². The number of nitro benzene ring substituents is 1. The lowest BCUT2D eigenvalue weighted by molar-refractivity contribution is -0.384. The summed E-state index contributed by atoms with van der Waals surface area (Å²) in [7, 11) is 0. The van der Waals surface area contributed by atoms with Gasteiger partial charge in [-0.2, -0.15) is 5.10 Å². The summed E-state index contributed by atoms with van der Waals surface area (Å²) in [6, 6.07) is 6.54. The van der Waals surface area contributed by atoms with Crippen LogP contribution in [-0.4, -0.2) is 27.6 Å². The Kier molecular flexibility index (Phi) is 4.50. The highest BCUT2D eigenvalue weighted by Crippen LogP contribution is 2.15. The number of aromatic nitrogens is 2. The summed E-state index contributed by atoms with van der Waals surface area (Å²) in [6.45, 7) is 0.600. The van der Waals surface area contributed by atoms with Crippen molar-refractivity contribution in [2.24, 2.45) is 5.73 Å². The SMILES string of the molecule is NC(=O)c1n[nH]cc1NCCCc1cccc([N+](=O)[O-])c1. The first kappa shape index (κ1) is 14.5. The monoisotopic (exact) mass is 289 g/mol. The highest BCUT2D eigenvalue weighted by atomic mass is 16.6. The van der Waals surface area contributed by atoms with E-state index in [2.05, 4.69) is 15.5 Å². The van der Waals surface area contributed by atoms with Crippen LogP contribution in [-0.2, 0) is 6.42 Å². The van der Waals surface area contributed by atoms with Gasteiger partial charge in [-0.3, -0.25) is 20.0 Å². The Bertz CT molecular complexity index is 653. The van der Waals surface area contributed by atoms with Crippen molar-refractivity contribution in [3.63, 3.8) is 0 Å². The van der Waals surface area contributed by atoms with Crippen LogP contribution in [0.15, 0.2) is 30.5 Å². The van der Waals surface area contributed by atoms with E-state index in [1.165, 1.54) is 6.07 Å². The molecule has 0 bridgehead atoms. The third kappa shape index (κ3) is 3.78. The lowest BCUT2D eigenvalue weighted by Crippen LogP contribution is -2.14. The number of amides is 1. The quantitative estimate of drug-likeness (QED) is 0.404. The molecule has 21 heavy (non-hydrogen) atoms. The van der Waals surface area contributed by atoms with Crippen molar-refractivity contribution in [3.8, 4) is 0 Å². The van der Waals surface area contributed by atoms with Crippen molar-refractivity contribution in [2.45, 2.75) is 12.8 Å². The van der Waals surface area contributed by atoms with Crippen molar-refractivity contribution in [1.29, 1.82) is 0 Å². The van der Waals surface area contributed by atoms with E-state index in [0.717, 1.165) is 12.0 Å². The lowest BCUT2D eigenvalue weighted by atomic mass is 10.1. The third-order valence-electron chi connectivity index (χ3n) is 2.95. The second kappa shape index (κ2) is 6.51. The highest BCUT2D eigenvalue weighted by Gasteiger charge is 2.10. The topological polar surface area (TPSA) is 127 Å². The van der Waals surface area contributed by atoms with Crippen LogP contribution in [0.4, 0.5) is 11.4 Å². The maximum Gasteiger partial charge on any atom is 0.271 e. The summed E-state index contributed by atoms with van der Waals surface area (Å²) in [5.74, 6) is -0.600. The van der Waals surface area contributed by atoms with Crippen molar-refractivity contribution >= 4 is 17.3 Å². The number of nitro groups is 1. The fourth-order valence-electron chi connectivity index (χ4n) is 1.95. The molecule has 0 atom stereocenters. The number of anilines is 1. The molecule has 0 fully saturated rings. The minimum atomic E-state index is -0.600. The van der Waals surface area contributed by atoms with Crippen LogP contribution in [0.5, 0.6) is 0 Å². The van der Waals surface area contributed by atoms with Gasteiger partial charge in [0.25, 0.3) is 11.6 Å². The molecule has 2 rings (SSSR count). The average Bonchev–Trinajstić information content (AvgIpc) is 2.92. The molecule has 1 amide bonds. The van der Waals surface area contributed by atoms with E-state index in [-0.39, 0.29) is 11.4 Å². The minimum Gasteiger partial charge on any atom is -0.382 e. The fraction of sp³-hybridized carbons (Fsp3) is 0.231. The van der Waals surface area contributed by atoms with Crippen LogP contribution < -0.4 is 11.1 Å². The zero-order valence-electron chi connectivity index (χ0n) is 11.2. The number of carbonyl (C=O) groups excluding carboxylic acids is 1. The number of hydrogen-bond acceptors (Lipinski definition) is 5. The number of aromatic amines is 1. The van der Waals surface area contributed by atoms with E-state index >= 15 is 0 Å². The molecule has 8 heteroatoms. The van der Waals surface area contributed by atoms with Crippen molar-refractivity contribution in [3.05, 3.63) is 51.8 Å². The van der Waals surface area contributed by atoms with Gasteiger partial charge in [0.15, 0.2) is 5.69 Å². The number of benzene rings is 1. The molecule has 0 aliphatic heterocycles. The van der Waals surface area contributed by atoms with Gasteiger partial charge in [-0.25, -0.2) is 0 Å². The van der Waals surface area contributed by atoms with Gasteiger partial charge in [-0.15, -0.1) is 0 Å². The van der Waals surface area contributed by atoms with Gasteiger partial charge in [-0.1, -0.05) is 12.1 Å². The summed E-state index contributed by atoms with van der Waals surface area (Å²) in [5, 5.41) is 20.0. The number of nitrogens with zero attached hydrogens (tertiary/aromatic N) is 2. The number of nitrogens with one attached hydrogen (secondary N) is 2. The molecule has 4 N–H and O–H groups in total. The number of H-pyrrole nitrogens is 1. The Hall–Kier alpha value is -2.90. The zero-order chi connectivity index (χ0) is 15.2. The van der Waals surface area contributed by atoms with Crippen LogP contribution in [0.1, 0.15) is 22.5 Å². The van der Waals surface area contributed by atoms with E-state index in [0.29, 0.717) is 18.7 Å². The number of aryl methyl sites for hydroxylation is 1. The Morgan fingerprint density at radius 2 is 2.29 bits per heavy atom. The second-order valence-electron chi connectivity index (χ2n) is 4.47. The number of hydrogen-bond donors (Lipinski definition) is 3. The minimum absolute atomic E-state index is 0.0892. The molecule has 0 radical (unpaired) electrons. The molecule has 0 unspecified atom stereocenters. The van der Waals surface area contributed by atoms with Gasteiger partial charge in [0.1, 0.15) is 0 Å². The summed E-state index contributed by atoms with van der Waals surface area (Å²) >= 11 is 0. The van der Waals surface area contributed by atoms with Gasteiger partial charge >= 0.3 is 0 Å². The fourth-order valence-corrected chi connectivity index (χ4v) is 1.95. The highest BCUT2D eigenvalue weighted by molar-refractivity contribution is 5.96. The summed E-state index contributed by atoms with van der Waals surface area (Å²) in [6.07, 6.45) is 3.01. The number of rotatable bonds is 7. The van der Waals surface area contributed by atoms with Crippen molar-refractivity contribution < 1.29 is 9.72 Å². The second-order valence-corrected chi connectivity index (χ2v) is 4.47. The van der Waals surface area contributed by atoms with Crippen LogP contribution in [0.3, 0.4) is 0 Å². The first-order chi connectivity index (χ1) is 10.1. The maximum absolute atomic E-state index is 11.1. The normalized spacial score (nSPS) is 10.3. The third-order valence-corrected chi connectivity index (χ3v) is 2.95. The van der Waals surface area contributed by atoms with Crippen LogP contribution in [0, 0.1) is 10.1 Å². The van der Waals surface area contributed by atoms with Gasteiger partial charge in [0, 0.05) is 24.9 Å². The molecule has 1 aromatic carbocycles. The molecule has 1 aromatic heterocycles.